The van der Waals surface area contributed by atoms with Crippen LogP contribution >= 0.6 is 0 Å². The second-order valence-electron chi connectivity index (χ2n) is 8.63. The van der Waals surface area contributed by atoms with Crippen molar-refractivity contribution >= 4 is 14.0 Å². The number of ether oxygens (including phenoxy) is 2. The molecule has 0 amide bonds. The summed E-state index contributed by atoms with van der Waals surface area (Å²) < 4.78 is 13.0. The van der Waals surface area contributed by atoms with E-state index in [9.17, 15) is 19.5 Å². The Labute approximate surface area is 182 Å². The van der Waals surface area contributed by atoms with Crippen LogP contribution in [0.2, 0.25) is 25.7 Å². The van der Waals surface area contributed by atoms with Crippen molar-refractivity contribution in [3.8, 4) is 0 Å². The van der Waals surface area contributed by atoms with Gasteiger partial charge in [0.05, 0.1) is 13.2 Å². The summed E-state index contributed by atoms with van der Waals surface area (Å²) >= 11 is 0. The summed E-state index contributed by atoms with van der Waals surface area (Å²) in [6.07, 6.45) is 1.80. The summed E-state index contributed by atoms with van der Waals surface area (Å²) in [5, 5.41) is 10.8. The van der Waals surface area contributed by atoms with Crippen molar-refractivity contribution in [1.82, 2.24) is 14.2 Å². The highest BCUT2D eigenvalue weighted by atomic mass is 28.3. The van der Waals surface area contributed by atoms with Gasteiger partial charge < -0.3 is 14.6 Å². The molecule has 1 fully saturated rings. The lowest BCUT2D eigenvalue weighted by atomic mass is 10.1. The number of aliphatic hydroxyl groups is 1. The molecule has 10 nitrogen and oxygen atoms in total. The van der Waals surface area contributed by atoms with E-state index in [2.05, 4.69) is 19.6 Å². The predicted octanol–water partition coefficient (Wildman–Crippen LogP) is 0.857. The predicted molar refractivity (Wildman–Crippen MR) is 117 cm³/mol. The van der Waals surface area contributed by atoms with Crippen molar-refractivity contribution in [2.75, 3.05) is 26.9 Å². The minimum absolute atomic E-state index is 0.174. The largest absolute Gasteiger partial charge is 0.465 e. The molecule has 1 aliphatic heterocycles. The van der Waals surface area contributed by atoms with Gasteiger partial charge in [-0.15, -0.1) is 0 Å². The number of hydrogen-bond donors (Lipinski definition) is 1. The Morgan fingerprint density at radius 2 is 2.00 bits per heavy atom. The molecule has 1 aromatic heterocycles. The van der Waals surface area contributed by atoms with Crippen molar-refractivity contribution in [2.45, 2.75) is 58.5 Å². The third-order valence-electron chi connectivity index (χ3n) is 4.90. The molecule has 1 saturated heterocycles. The molecule has 2 unspecified atom stereocenters. The van der Waals surface area contributed by atoms with Crippen LogP contribution in [0, 0.1) is 6.92 Å². The molecule has 0 saturated carbocycles. The Bertz CT molecular complexity index is 932. The van der Waals surface area contributed by atoms with Gasteiger partial charge in [-0.05, 0) is 19.9 Å². The molecule has 1 aromatic rings. The Morgan fingerprint density at radius 3 is 2.58 bits per heavy atom. The summed E-state index contributed by atoms with van der Waals surface area (Å²) in [4.78, 5) is 43.9. The fourth-order valence-corrected chi connectivity index (χ4v) is 3.99. The summed E-state index contributed by atoms with van der Waals surface area (Å²) in [5.74, 6) is -0.556. The molecular formula is C20H33N3O7Si. The maximum atomic E-state index is 13.1. The van der Waals surface area contributed by atoms with Gasteiger partial charge in [0, 0.05) is 39.1 Å². The molecule has 0 spiro atoms. The lowest BCUT2D eigenvalue weighted by molar-refractivity contribution is -0.182. The minimum Gasteiger partial charge on any atom is -0.465 e. The van der Waals surface area contributed by atoms with Gasteiger partial charge in [-0.25, -0.2) is 14.2 Å². The zero-order chi connectivity index (χ0) is 23.3. The SMILES string of the molecule is CCOC(=O)C1/C(=C/CO)C(n2cc(C)c(=O)n(COCC[Si](C)(C)C)c2=O)ON1C. The number of aryl methyl sites for hydroxylation is 1. The molecule has 31 heavy (non-hydrogen) atoms. The lowest BCUT2D eigenvalue weighted by Crippen LogP contribution is -2.43. The van der Waals surface area contributed by atoms with Gasteiger partial charge in [-0.3, -0.25) is 14.2 Å². The fraction of sp³-hybridized carbons (Fsp3) is 0.650. The standard InChI is InChI=1S/C20H33N3O7Si/c1-7-29-19(26)16-15(8-9-24)18(30-21(16)3)22-12-14(2)17(25)23(20(22)27)13-28-10-11-31(4,5)6/h8,12,16,18,24H,7,9-11,13H2,1-6H3/b15-8-. The maximum Gasteiger partial charge on any atom is 0.335 e. The van der Waals surface area contributed by atoms with Crippen molar-refractivity contribution in [1.29, 1.82) is 0 Å². The number of aliphatic hydroxyl groups excluding tert-OH is 1. The first-order valence-electron chi connectivity index (χ1n) is 10.3. The van der Waals surface area contributed by atoms with Crippen LogP contribution in [0.15, 0.2) is 27.4 Å². The number of likely N-dealkylation sites (N-methyl/N-ethyl adjacent to an activating group) is 1. The highest BCUT2D eigenvalue weighted by Gasteiger charge is 2.43. The number of nitrogens with zero attached hydrogens (tertiary/aromatic N) is 3. The Balaban J connectivity index is 2.40. The number of carbonyl (C=O) groups is 1. The average molecular weight is 456 g/mol. The normalized spacial score (nSPS) is 21.1. The van der Waals surface area contributed by atoms with E-state index in [1.165, 1.54) is 21.9 Å². The van der Waals surface area contributed by atoms with Gasteiger partial charge in [-0.2, -0.15) is 5.06 Å². The highest BCUT2D eigenvalue weighted by molar-refractivity contribution is 6.76. The van der Waals surface area contributed by atoms with Crippen molar-refractivity contribution in [3.63, 3.8) is 0 Å². The molecule has 2 atom stereocenters. The molecule has 2 rings (SSSR count). The number of hydrogen-bond acceptors (Lipinski definition) is 8. The molecule has 1 aliphatic rings. The average Bonchev–Trinajstić information content (AvgIpc) is 2.99. The van der Waals surface area contributed by atoms with E-state index < -0.39 is 37.6 Å². The Kier molecular flexibility index (Phi) is 8.54. The summed E-state index contributed by atoms with van der Waals surface area (Å²) in [6, 6.07) is -0.0132. The zero-order valence-electron chi connectivity index (χ0n) is 19.1. The van der Waals surface area contributed by atoms with Crippen molar-refractivity contribution in [2.24, 2.45) is 0 Å². The highest BCUT2D eigenvalue weighted by Crippen LogP contribution is 2.33. The van der Waals surface area contributed by atoms with Gasteiger partial charge in [0.15, 0.2) is 12.3 Å². The van der Waals surface area contributed by atoms with E-state index in [0.717, 1.165) is 10.6 Å². The zero-order valence-corrected chi connectivity index (χ0v) is 20.1. The van der Waals surface area contributed by atoms with Crippen LogP contribution in [0.1, 0.15) is 18.7 Å². The van der Waals surface area contributed by atoms with Crippen LogP contribution in [0.5, 0.6) is 0 Å². The first-order chi connectivity index (χ1) is 14.5. The van der Waals surface area contributed by atoms with Gasteiger partial charge in [-0.1, -0.05) is 25.7 Å². The van der Waals surface area contributed by atoms with E-state index in [1.54, 1.807) is 20.9 Å². The van der Waals surface area contributed by atoms with Crippen LogP contribution in [-0.4, -0.2) is 66.3 Å². The Morgan fingerprint density at radius 1 is 1.32 bits per heavy atom. The number of aromatic nitrogens is 2. The summed E-state index contributed by atoms with van der Waals surface area (Å²) in [5.41, 5.74) is -0.400. The van der Waals surface area contributed by atoms with Crippen LogP contribution in [0.3, 0.4) is 0 Å². The lowest BCUT2D eigenvalue weighted by Gasteiger charge is -2.19. The van der Waals surface area contributed by atoms with Gasteiger partial charge in [0.2, 0.25) is 0 Å². The number of carbonyl (C=O) groups excluding carboxylic acids is 1. The third kappa shape index (κ3) is 6.01. The quantitative estimate of drug-likeness (QED) is 0.253. The van der Waals surface area contributed by atoms with E-state index in [1.807, 2.05) is 0 Å². The third-order valence-corrected chi connectivity index (χ3v) is 6.61. The van der Waals surface area contributed by atoms with Gasteiger partial charge in [0.25, 0.3) is 5.56 Å². The van der Waals surface area contributed by atoms with Crippen molar-refractivity contribution < 1.29 is 24.2 Å². The molecule has 1 N–H and O–H groups in total. The Hall–Kier alpha value is -2.05. The molecule has 0 aliphatic carbocycles. The van der Waals surface area contributed by atoms with E-state index in [0.29, 0.717) is 17.7 Å². The first kappa shape index (κ1) is 25.2. The summed E-state index contributed by atoms with van der Waals surface area (Å²) in [6.45, 7) is 10.0. The second-order valence-corrected chi connectivity index (χ2v) is 14.2. The smallest absolute Gasteiger partial charge is 0.335 e. The molecule has 174 valence electrons. The molecule has 0 bridgehead atoms. The van der Waals surface area contributed by atoms with Crippen LogP contribution in [0.25, 0.3) is 0 Å². The summed E-state index contributed by atoms with van der Waals surface area (Å²) in [7, 11) is 0.229. The van der Waals surface area contributed by atoms with E-state index in [-0.39, 0.29) is 19.9 Å². The molecule has 0 aromatic carbocycles. The number of hydroxylamine groups is 2. The number of esters is 1. The minimum atomic E-state index is -1.31. The maximum absolute atomic E-state index is 13.1. The van der Waals surface area contributed by atoms with Crippen LogP contribution in [-0.2, 0) is 25.8 Å². The monoisotopic (exact) mass is 455 g/mol. The topological polar surface area (TPSA) is 112 Å². The fourth-order valence-electron chi connectivity index (χ4n) is 3.23. The molecule has 0 radical (unpaired) electrons. The van der Waals surface area contributed by atoms with E-state index >= 15 is 0 Å². The second kappa shape index (κ2) is 10.5. The van der Waals surface area contributed by atoms with Crippen LogP contribution in [0.4, 0.5) is 0 Å². The number of rotatable bonds is 9. The molecule has 11 heteroatoms. The van der Waals surface area contributed by atoms with Crippen LogP contribution < -0.4 is 11.2 Å². The van der Waals surface area contributed by atoms with E-state index in [4.69, 9.17) is 14.3 Å². The molecule has 2 heterocycles. The van der Waals surface area contributed by atoms with Gasteiger partial charge in [0.1, 0.15) is 6.73 Å². The van der Waals surface area contributed by atoms with Gasteiger partial charge >= 0.3 is 11.7 Å². The molecular weight excluding hydrogens is 422 g/mol. The first-order valence-corrected chi connectivity index (χ1v) is 14.0. The van der Waals surface area contributed by atoms with Crippen molar-refractivity contribution in [3.05, 3.63) is 44.2 Å².